The molecule has 0 bridgehead atoms. The number of thiophene rings is 1. The second-order valence-electron chi connectivity index (χ2n) is 3.79. The normalized spacial score (nSPS) is 11.0. The van der Waals surface area contributed by atoms with Crippen LogP contribution in [0.2, 0.25) is 0 Å². The Morgan fingerprint density at radius 3 is 2.47 bits per heavy atom. The van der Waals surface area contributed by atoms with Crippen LogP contribution in [0.3, 0.4) is 0 Å². The minimum Gasteiger partial charge on any atom is -0.245 e. The van der Waals surface area contributed by atoms with E-state index in [0.717, 1.165) is 16.3 Å². The Bertz CT molecular complexity index is 525. The van der Waals surface area contributed by atoms with Crippen LogP contribution >= 0.6 is 11.3 Å². The first-order valence-corrected chi connectivity index (χ1v) is 6.13. The minimum atomic E-state index is 0.534. The number of nitrogens with zero attached hydrogens (tertiary/aromatic N) is 3. The quantitative estimate of drug-likeness (QED) is 0.669. The van der Waals surface area contributed by atoms with E-state index in [4.69, 9.17) is 0 Å². The van der Waals surface area contributed by atoms with Crippen LogP contribution in [0.4, 0.5) is 5.95 Å². The molecule has 0 spiro atoms. The average molecular weight is 246 g/mol. The van der Waals surface area contributed by atoms with Gasteiger partial charge in [0.1, 0.15) is 0 Å². The van der Waals surface area contributed by atoms with Gasteiger partial charge in [0.15, 0.2) is 0 Å². The molecule has 0 unspecified atom stereocenters. The molecule has 0 aliphatic carbocycles. The molecule has 2 heterocycles. The molecule has 88 valence electrons. The van der Waals surface area contributed by atoms with E-state index in [-0.39, 0.29) is 0 Å². The number of hydrogen-bond acceptors (Lipinski definition) is 5. The minimum absolute atomic E-state index is 0.534. The maximum absolute atomic E-state index is 4.24. The molecule has 0 aliphatic heterocycles. The third kappa shape index (κ3) is 3.35. The van der Waals surface area contributed by atoms with Gasteiger partial charge < -0.3 is 0 Å². The standard InChI is InChI=1S/C12H14N4S/c1-8-6-9(2)15-12(14-8)16-13-7-11-5-4-10(3)17-11/h4-7H,1-3H3,(H,14,15,16). The molecule has 0 aliphatic rings. The highest BCUT2D eigenvalue weighted by Gasteiger charge is 1.97. The van der Waals surface area contributed by atoms with E-state index >= 15 is 0 Å². The van der Waals surface area contributed by atoms with Gasteiger partial charge in [0.05, 0.1) is 6.21 Å². The van der Waals surface area contributed by atoms with Crippen LogP contribution in [0, 0.1) is 20.8 Å². The lowest BCUT2D eigenvalue weighted by Gasteiger charge is -2.00. The second-order valence-corrected chi connectivity index (χ2v) is 5.11. The zero-order valence-electron chi connectivity index (χ0n) is 10.1. The van der Waals surface area contributed by atoms with Crippen LogP contribution < -0.4 is 5.43 Å². The number of hydrazone groups is 1. The predicted molar refractivity (Wildman–Crippen MR) is 71.8 cm³/mol. The molecular formula is C12H14N4S. The Balaban J connectivity index is 2.04. The molecule has 2 rings (SSSR count). The lowest BCUT2D eigenvalue weighted by atomic mass is 10.4. The van der Waals surface area contributed by atoms with Gasteiger partial charge in [-0.1, -0.05) is 0 Å². The fourth-order valence-electron chi connectivity index (χ4n) is 1.45. The van der Waals surface area contributed by atoms with Crippen LogP contribution in [0.5, 0.6) is 0 Å². The first kappa shape index (κ1) is 11.7. The molecular weight excluding hydrogens is 232 g/mol. The van der Waals surface area contributed by atoms with E-state index in [1.807, 2.05) is 26.0 Å². The third-order valence-electron chi connectivity index (χ3n) is 2.10. The first-order chi connectivity index (χ1) is 8.13. The number of aryl methyl sites for hydroxylation is 3. The van der Waals surface area contributed by atoms with Gasteiger partial charge in [-0.05, 0) is 39.0 Å². The zero-order valence-corrected chi connectivity index (χ0v) is 10.9. The summed E-state index contributed by atoms with van der Waals surface area (Å²) >= 11 is 1.70. The maximum atomic E-state index is 4.24. The van der Waals surface area contributed by atoms with Crippen molar-refractivity contribution >= 4 is 23.5 Å². The lowest BCUT2D eigenvalue weighted by Crippen LogP contribution is -1.99. The summed E-state index contributed by atoms with van der Waals surface area (Å²) in [5, 5.41) is 4.12. The van der Waals surface area contributed by atoms with E-state index in [2.05, 4.69) is 33.5 Å². The van der Waals surface area contributed by atoms with Crippen LogP contribution in [-0.4, -0.2) is 16.2 Å². The monoisotopic (exact) mass is 246 g/mol. The zero-order chi connectivity index (χ0) is 12.3. The highest BCUT2D eigenvalue weighted by Crippen LogP contribution is 2.12. The van der Waals surface area contributed by atoms with Crippen LogP contribution in [0.1, 0.15) is 21.1 Å². The van der Waals surface area contributed by atoms with Gasteiger partial charge in [-0.25, -0.2) is 15.4 Å². The summed E-state index contributed by atoms with van der Waals surface area (Å²) in [6.07, 6.45) is 1.78. The highest BCUT2D eigenvalue weighted by atomic mass is 32.1. The van der Waals surface area contributed by atoms with Crippen molar-refractivity contribution in [3.05, 3.63) is 39.3 Å². The van der Waals surface area contributed by atoms with Crippen LogP contribution in [0.15, 0.2) is 23.3 Å². The Labute approximate surface area is 104 Å². The van der Waals surface area contributed by atoms with E-state index in [1.54, 1.807) is 17.6 Å². The largest absolute Gasteiger partial charge is 0.245 e. The molecule has 2 aromatic heterocycles. The summed E-state index contributed by atoms with van der Waals surface area (Å²) in [5.74, 6) is 0.534. The van der Waals surface area contributed by atoms with Gasteiger partial charge >= 0.3 is 0 Å². The summed E-state index contributed by atoms with van der Waals surface area (Å²) in [5.41, 5.74) is 4.70. The summed E-state index contributed by atoms with van der Waals surface area (Å²) in [6.45, 7) is 5.95. The SMILES string of the molecule is Cc1cc(C)nc(NN=Cc2ccc(C)s2)n1. The van der Waals surface area contributed by atoms with Crippen molar-refractivity contribution in [3.63, 3.8) is 0 Å². The van der Waals surface area contributed by atoms with Gasteiger partial charge in [0.2, 0.25) is 5.95 Å². The topological polar surface area (TPSA) is 50.2 Å². The molecule has 0 atom stereocenters. The Kier molecular flexibility index (Phi) is 3.49. The number of rotatable bonds is 3. The first-order valence-electron chi connectivity index (χ1n) is 5.31. The summed E-state index contributed by atoms with van der Waals surface area (Å²) in [7, 11) is 0. The van der Waals surface area contributed by atoms with Crippen LogP contribution in [-0.2, 0) is 0 Å². The lowest BCUT2D eigenvalue weighted by molar-refractivity contribution is 1.04. The van der Waals surface area contributed by atoms with Gasteiger partial charge in [-0.2, -0.15) is 5.10 Å². The van der Waals surface area contributed by atoms with Crippen molar-refractivity contribution in [2.45, 2.75) is 20.8 Å². The maximum Gasteiger partial charge on any atom is 0.243 e. The van der Waals surface area contributed by atoms with Crippen molar-refractivity contribution in [1.29, 1.82) is 0 Å². The van der Waals surface area contributed by atoms with Crippen molar-refractivity contribution < 1.29 is 0 Å². The molecule has 0 fully saturated rings. The van der Waals surface area contributed by atoms with Crippen molar-refractivity contribution in [3.8, 4) is 0 Å². The molecule has 5 heteroatoms. The highest BCUT2D eigenvalue weighted by molar-refractivity contribution is 7.13. The second kappa shape index (κ2) is 5.05. The molecule has 1 N–H and O–H groups in total. The summed E-state index contributed by atoms with van der Waals surface area (Å²) in [6, 6.07) is 6.03. The summed E-state index contributed by atoms with van der Waals surface area (Å²) < 4.78 is 0. The Morgan fingerprint density at radius 2 is 1.88 bits per heavy atom. The molecule has 17 heavy (non-hydrogen) atoms. The molecule has 0 aromatic carbocycles. The number of nitrogens with one attached hydrogen (secondary N) is 1. The van der Waals surface area contributed by atoms with E-state index < -0.39 is 0 Å². The molecule has 0 saturated carbocycles. The average Bonchev–Trinajstić information content (AvgIpc) is 2.63. The fraction of sp³-hybridized carbons (Fsp3) is 0.250. The predicted octanol–water partition coefficient (Wildman–Crippen LogP) is 2.91. The number of hydrogen-bond donors (Lipinski definition) is 1. The molecule has 2 aromatic rings. The summed E-state index contributed by atoms with van der Waals surface area (Å²) in [4.78, 5) is 10.9. The smallest absolute Gasteiger partial charge is 0.243 e. The fourth-order valence-corrected chi connectivity index (χ4v) is 2.20. The van der Waals surface area contributed by atoms with E-state index in [0.29, 0.717) is 5.95 Å². The van der Waals surface area contributed by atoms with Gasteiger partial charge in [0.25, 0.3) is 0 Å². The van der Waals surface area contributed by atoms with E-state index in [9.17, 15) is 0 Å². The van der Waals surface area contributed by atoms with E-state index in [1.165, 1.54) is 4.88 Å². The number of aromatic nitrogens is 2. The van der Waals surface area contributed by atoms with Gasteiger partial charge in [-0.15, -0.1) is 11.3 Å². The molecule has 0 radical (unpaired) electrons. The molecule has 0 amide bonds. The number of anilines is 1. The van der Waals surface area contributed by atoms with Gasteiger partial charge in [-0.3, -0.25) is 0 Å². The van der Waals surface area contributed by atoms with Crippen molar-refractivity contribution in [2.75, 3.05) is 5.43 Å². The third-order valence-corrected chi connectivity index (χ3v) is 3.04. The Hall–Kier alpha value is -1.75. The van der Waals surface area contributed by atoms with Crippen molar-refractivity contribution in [2.24, 2.45) is 5.10 Å². The van der Waals surface area contributed by atoms with Gasteiger partial charge in [0, 0.05) is 21.1 Å². The van der Waals surface area contributed by atoms with Crippen LogP contribution in [0.25, 0.3) is 0 Å². The molecule has 0 saturated heterocycles. The Morgan fingerprint density at radius 1 is 1.18 bits per heavy atom. The van der Waals surface area contributed by atoms with Crippen molar-refractivity contribution in [1.82, 2.24) is 9.97 Å². The molecule has 4 nitrogen and oxygen atoms in total.